The first-order chi connectivity index (χ1) is 12.8. The number of thiazole rings is 1. The maximum absolute atomic E-state index is 6.13. The number of hydrogen-bond donors (Lipinski definition) is 1. The molecular weight excluding hydrogens is 350 g/mol. The zero-order valence-corrected chi connectivity index (χ0v) is 15.8. The monoisotopic (exact) mass is 375 g/mol. The molecule has 1 aliphatic heterocycles. The van der Waals surface area contributed by atoms with E-state index in [9.17, 15) is 0 Å². The van der Waals surface area contributed by atoms with Crippen molar-refractivity contribution in [2.45, 2.75) is 6.42 Å². The van der Waals surface area contributed by atoms with Crippen molar-refractivity contribution >= 4 is 22.4 Å². The number of nitrogens with zero attached hydrogens (tertiary/aromatic N) is 4. The van der Waals surface area contributed by atoms with Crippen LogP contribution >= 0.6 is 11.3 Å². The van der Waals surface area contributed by atoms with Crippen molar-refractivity contribution in [3.63, 3.8) is 0 Å². The highest BCUT2D eigenvalue weighted by Gasteiger charge is 2.19. The van der Waals surface area contributed by atoms with E-state index in [1.807, 2.05) is 35.8 Å². The molecule has 0 saturated carbocycles. The fourth-order valence-corrected chi connectivity index (χ4v) is 3.43. The molecule has 7 nitrogen and oxygen atoms in total. The molecule has 1 saturated heterocycles. The minimum atomic E-state index is 0.599. The molecule has 8 heteroatoms. The zero-order valence-electron chi connectivity index (χ0n) is 15.0. The van der Waals surface area contributed by atoms with Gasteiger partial charge >= 0.3 is 0 Å². The molecule has 2 aromatic rings. The van der Waals surface area contributed by atoms with Crippen molar-refractivity contribution in [2.75, 3.05) is 51.3 Å². The van der Waals surface area contributed by atoms with Gasteiger partial charge in [-0.15, -0.1) is 11.3 Å². The Morgan fingerprint density at radius 3 is 2.81 bits per heavy atom. The van der Waals surface area contributed by atoms with Crippen molar-refractivity contribution in [3.05, 3.63) is 35.8 Å². The van der Waals surface area contributed by atoms with Crippen molar-refractivity contribution in [1.29, 1.82) is 0 Å². The molecule has 1 aromatic carbocycles. The highest BCUT2D eigenvalue weighted by molar-refractivity contribution is 7.13. The number of nitrogens with two attached hydrogens (primary N) is 1. The van der Waals surface area contributed by atoms with Gasteiger partial charge < -0.3 is 25.0 Å². The molecule has 1 aromatic heterocycles. The van der Waals surface area contributed by atoms with Gasteiger partial charge in [-0.05, 0) is 12.1 Å². The molecule has 1 aliphatic rings. The largest absolute Gasteiger partial charge is 0.497 e. The first kappa shape index (κ1) is 18.3. The van der Waals surface area contributed by atoms with E-state index in [0.717, 1.165) is 49.2 Å². The molecule has 2 N–H and O–H groups in total. The predicted molar refractivity (Wildman–Crippen MR) is 105 cm³/mol. The van der Waals surface area contributed by atoms with E-state index in [1.54, 1.807) is 18.4 Å². The lowest BCUT2D eigenvalue weighted by molar-refractivity contribution is 0.310. The molecule has 0 unspecified atom stereocenters. The standard InChI is InChI=1S/C18H25N5O2S/c1-24-15-4-2-5-16(14-15)25-12-3-6-20-17(19)22-8-10-23(11-9-22)18-21-7-13-26-18/h2,4-5,7,13-14H,3,6,8-12H2,1H3,(H2,19,20). The molecule has 0 aliphatic carbocycles. The van der Waals surface area contributed by atoms with E-state index in [4.69, 9.17) is 15.2 Å². The first-order valence-corrected chi connectivity index (χ1v) is 9.60. The van der Waals surface area contributed by atoms with Crippen LogP contribution in [0.25, 0.3) is 0 Å². The van der Waals surface area contributed by atoms with E-state index >= 15 is 0 Å². The minimum absolute atomic E-state index is 0.599. The maximum atomic E-state index is 6.13. The predicted octanol–water partition coefficient (Wildman–Crippen LogP) is 2.06. The lowest BCUT2D eigenvalue weighted by Crippen LogP contribution is -2.51. The summed E-state index contributed by atoms with van der Waals surface area (Å²) in [5.41, 5.74) is 6.13. The third kappa shape index (κ3) is 5.01. The van der Waals surface area contributed by atoms with Crippen molar-refractivity contribution < 1.29 is 9.47 Å². The number of ether oxygens (including phenoxy) is 2. The molecule has 2 heterocycles. The fourth-order valence-electron chi connectivity index (χ4n) is 2.74. The Bertz CT molecular complexity index is 699. The Labute approximate surface area is 158 Å². The second-order valence-corrected chi connectivity index (χ2v) is 6.78. The third-order valence-electron chi connectivity index (χ3n) is 4.18. The Morgan fingerprint density at radius 2 is 2.08 bits per heavy atom. The summed E-state index contributed by atoms with van der Waals surface area (Å²) >= 11 is 1.67. The van der Waals surface area contributed by atoms with Gasteiger partial charge in [0.2, 0.25) is 0 Å². The number of piperazine rings is 1. The number of aliphatic imine (C=N–C) groups is 1. The van der Waals surface area contributed by atoms with Gasteiger partial charge in [-0.2, -0.15) is 0 Å². The summed E-state index contributed by atoms with van der Waals surface area (Å²) < 4.78 is 10.9. The topological polar surface area (TPSA) is 76.2 Å². The van der Waals surface area contributed by atoms with E-state index in [0.29, 0.717) is 19.1 Å². The van der Waals surface area contributed by atoms with Crippen LogP contribution in [0, 0.1) is 0 Å². The van der Waals surface area contributed by atoms with Gasteiger partial charge in [0.25, 0.3) is 0 Å². The van der Waals surface area contributed by atoms with Crippen LogP contribution in [-0.4, -0.2) is 62.3 Å². The van der Waals surface area contributed by atoms with Gasteiger partial charge in [-0.25, -0.2) is 4.98 Å². The maximum Gasteiger partial charge on any atom is 0.191 e. The number of anilines is 1. The summed E-state index contributed by atoms with van der Waals surface area (Å²) in [5, 5.41) is 3.08. The SMILES string of the molecule is COc1cccc(OCCCN=C(N)N2CCN(c3nccs3)CC2)c1. The van der Waals surface area contributed by atoms with Crippen molar-refractivity contribution in [2.24, 2.45) is 10.7 Å². The van der Waals surface area contributed by atoms with Gasteiger partial charge in [0, 0.05) is 56.8 Å². The lowest BCUT2D eigenvalue weighted by atomic mass is 10.3. The molecular formula is C18H25N5O2S. The van der Waals surface area contributed by atoms with Crippen LogP contribution in [0.5, 0.6) is 11.5 Å². The third-order valence-corrected chi connectivity index (χ3v) is 5.01. The average molecular weight is 375 g/mol. The van der Waals surface area contributed by atoms with E-state index in [1.165, 1.54) is 0 Å². The van der Waals surface area contributed by atoms with Gasteiger partial charge in [0.1, 0.15) is 11.5 Å². The molecule has 3 rings (SSSR count). The zero-order chi connectivity index (χ0) is 18.2. The number of guanidine groups is 1. The smallest absolute Gasteiger partial charge is 0.191 e. The van der Waals surface area contributed by atoms with Gasteiger partial charge in [-0.1, -0.05) is 6.07 Å². The molecule has 0 spiro atoms. The average Bonchev–Trinajstić information content (AvgIpc) is 3.22. The normalized spacial score (nSPS) is 15.2. The van der Waals surface area contributed by atoms with Crippen LogP contribution < -0.4 is 20.1 Å². The first-order valence-electron chi connectivity index (χ1n) is 8.72. The molecule has 0 bridgehead atoms. The molecule has 1 fully saturated rings. The molecule has 0 radical (unpaired) electrons. The molecule has 26 heavy (non-hydrogen) atoms. The fraction of sp³-hybridized carbons (Fsp3) is 0.444. The summed E-state index contributed by atoms with van der Waals surface area (Å²) in [7, 11) is 1.65. The van der Waals surface area contributed by atoms with Gasteiger partial charge in [0.15, 0.2) is 11.1 Å². The number of rotatable bonds is 7. The number of methoxy groups -OCH3 is 1. The van der Waals surface area contributed by atoms with Gasteiger partial charge in [0.05, 0.1) is 13.7 Å². The molecule has 0 amide bonds. The Morgan fingerprint density at radius 1 is 1.27 bits per heavy atom. The summed E-state index contributed by atoms with van der Waals surface area (Å²) in [5.74, 6) is 2.21. The second kappa shape index (κ2) is 9.28. The van der Waals surface area contributed by atoms with Crippen LogP contribution in [-0.2, 0) is 0 Å². The second-order valence-electron chi connectivity index (χ2n) is 5.91. The number of hydrogen-bond acceptors (Lipinski definition) is 6. The summed E-state index contributed by atoms with van der Waals surface area (Å²) in [6.45, 7) is 4.83. The Hall–Kier alpha value is -2.48. The number of aromatic nitrogens is 1. The number of benzene rings is 1. The van der Waals surface area contributed by atoms with Gasteiger partial charge in [-0.3, -0.25) is 4.99 Å². The van der Waals surface area contributed by atoms with Crippen LogP contribution in [0.1, 0.15) is 6.42 Å². The quantitative estimate of drug-likeness (QED) is 0.453. The highest BCUT2D eigenvalue weighted by atomic mass is 32.1. The lowest BCUT2D eigenvalue weighted by Gasteiger charge is -2.35. The minimum Gasteiger partial charge on any atom is -0.497 e. The Kier molecular flexibility index (Phi) is 6.54. The van der Waals surface area contributed by atoms with Crippen molar-refractivity contribution in [3.8, 4) is 11.5 Å². The summed E-state index contributed by atoms with van der Waals surface area (Å²) in [4.78, 5) is 13.3. The molecule has 0 atom stereocenters. The van der Waals surface area contributed by atoms with E-state index < -0.39 is 0 Å². The van der Waals surface area contributed by atoms with Crippen LogP contribution in [0.4, 0.5) is 5.13 Å². The summed E-state index contributed by atoms with van der Waals surface area (Å²) in [6.07, 6.45) is 2.66. The van der Waals surface area contributed by atoms with Crippen LogP contribution in [0.15, 0.2) is 40.8 Å². The van der Waals surface area contributed by atoms with Crippen LogP contribution in [0.3, 0.4) is 0 Å². The molecule has 140 valence electrons. The van der Waals surface area contributed by atoms with Crippen molar-refractivity contribution in [1.82, 2.24) is 9.88 Å². The van der Waals surface area contributed by atoms with E-state index in [-0.39, 0.29) is 0 Å². The Balaban J connectivity index is 1.36. The highest BCUT2D eigenvalue weighted by Crippen LogP contribution is 2.19. The van der Waals surface area contributed by atoms with E-state index in [2.05, 4.69) is 19.8 Å². The van der Waals surface area contributed by atoms with Crippen LogP contribution in [0.2, 0.25) is 0 Å². The summed E-state index contributed by atoms with van der Waals surface area (Å²) in [6, 6.07) is 7.60.